The maximum atomic E-state index is 14.7. The van der Waals surface area contributed by atoms with Crippen molar-refractivity contribution >= 4 is 40.5 Å². The van der Waals surface area contributed by atoms with Crippen molar-refractivity contribution in [2.75, 3.05) is 40.4 Å². The van der Waals surface area contributed by atoms with Crippen LogP contribution in [0.25, 0.3) is 33.3 Å². The number of nitrogens with zero attached hydrogens (tertiary/aromatic N) is 5. The number of methoxy groups -OCH3 is 1. The molecule has 3 aliphatic rings. The highest BCUT2D eigenvalue weighted by Gasteiger charge is 2.42. The molecule has 352 valence electrons. The molecule has 2 saturated heterocycles. The molecule has 0 radical (unpaired) electrons. The number of nitrogens with one attached hydrogen (secondary N) is 2. The van der Waals surface area contributed by atoms with E-state index in [0.29, 0.717) is 58.3 Å². The molecule has 4 aromatic rings. The predicted octanol–water partition coefficient (Wildman–Crippen LogP) is 6.65. The van der Waals surface area contributed by atoms with Gasteiger partial charge in [-0.2, -0.15) is 0 Å². The normalized spacial score (nSPS) is 21.0. The first-order valence-electron chi connectivity index (χ1n) is 23.5. The summed E-state index contributed by atoms with van der Waals surface area (Å²) in [5.74, 6) is -2.20. The summed E-state index contributed by atoms with van der Waals surface area (Å²) < 4.78 is 14.3. The SMILES string of the molecule is C=CC(=O)N(C)CCC1CCN(C(C(=O)NC2Cc3cccc(c3)-c3ccc4c(c3)c(c(-c3cccnc3C(C)OC)n4CC)CC(C)(C)COC(=O)[C@@H]3CCCN(N3)C2=O)C(C)C)C1=O. The van der Waals surface area contributed by atoms with Crippen molar-refractivity contribution in [3.8, 4) is 22.4 Å². The van der Waals surface area contributed by atoms with Crippen LogP contribution >= 0.6 is 0 Å². The summed E-state index contributed by atoms with van der Waals surface area (Å²) in [6.07, 6.45) is 5.61. The zero-order chi connectivity index (χ0) is 47.4. The smallest absolute Gasteiger partial charge is 0.324 e. The Kier molecular flexibility index (Phi) is 14.8. The molecule has 2 fully saturated rings. The second-order valence-electron chi connectivity index (χ2n) is 19.3. The minimum absolute atomic E-state index is 0.138. The first-order chi connectivity index (χ1) is 31.5. The van der Waals surface area contributed by atoms with Crippen LogP contribution in [0.15, 0.2) is 73.4 Å². The monoisotopic (exact) mass is 902 g/mol. The summed E-state index contributed by atoms with van der Waals surface area (Å²) in [6.45, 7) is 17.7. The zero-order valence-electron chi connectivity index (χ0n) is 39.9. The number of carbonyl (C=O) groups excluding carboxylic acids is 5. The Bertz CT molecular complexity index is 2480. The van der Waals surface area contributed by atoms with Gasteiger partial charge in [-0.1, -0.05) is 64.6 Å². The fourth-order valence-electron chi connectivity index (χ4n) is 9.97. The second-order valence-corrected chi connectivity index (χ2v) is 19.3. The van der Waals surface area contributed by atoms with Gasteiger partial charge in [0, 0.05) is 80.8 Å². The summed E-state index contributed by atoms with van der Waals surface area (Å²) in [7, 11) is 3.37. The number of aromatic nitrogens is 2. The maximum Gasteiger partial charge on any atom is 0.324 e. The number of likely N-dealkylation sites (N-methyl/N-ethyl adjacent to an activating group) is 1. The lowest BCUT2D eigenvalue weighted by Crippen LogP contribution is -2.62. The maximum absolute atomic E-state index is 14.7. The molecule has 14 heteroatoms. The highest BCUT2D eigenvalue weighted by atomic mass is 16.5. The van der Waals surface area contributed by atoms with Crippen molar-refractivity contribution in [1.82, 2.24) is 35.1 Å². The number of cyclic esters (lactones) is 1. The Morgan fingerprint density at radius 2 is 1.82 bits per heavy atom. The number of fused-ring (bicyclic) bond motifs is 6. The molecule has 0 spiro atoms. The number of amides is 4. The molecule has 4 amide bonds. The van der Waals surface area contributed by atoms with Gasteiger partial charge in [0.1, 0.15) is 18.1 Å². The average Bonchev–Trinajstić information content (AvgIpc) is 3.83. The molecule has 6 bridgehead atoms. The molecule has 66 heavy (non-hydrogen) atoms. The van der Waals surface area contributed by atoms with Crippen molar-refractivity contribution in [2.24, 2.45) is 17.3 Å². The Labute approximate surface area is 389 Å². The van der Waals surface area contributed by atoms with Crippen LogP contribution in [0, 0.1) is 17.3 Å². The summed E-state index contributed by atoms with van der Waals surface area (Å²) in [4.78, 5) is 77.2. The third-order valence-electron chi connectivity index (χ3n) is 13.6. The van der Waals surface area contributed by atoms with Gasteiger partial charge in [0.05, 0.1) is 24.1 Å². The van der Waals surface area contributed by atoms with E-state index in [2.05, 4.69) is 79.1 Å². The molecular weight excluding hydrogens is 835 g/mol. The molecule has 2 N–H and O–H groups in total. The van der Waals surface area contributed by atoms with Gasteiger partial charge in [-0.25, -0.2) is 5.43 Å². The van der Waals surface area contributed by atoms with Crippen LogP contribution in [0.4, 0.5) is 0 Å². The molecule has 14 nitrogen and oxygen atoms in total. The molecule has 0 aliphatic carbocycles. The number of carbonyl (C=O) groups is 5. The number of hydrazine groups is 1. The number of hydrogen-bond acceptors (Lipinski definition) is 9. The van der Waals surface area contributed by atoms with E-state index < -0.39 is 35.4 Å². The molecule has 2 aromatic carbocycles. The summed E-state index contributed by atoms with van der Waals surface area (Å²) in [5.41, 5.74) is 10.5. The number of pyridine rings is 1. The van der Waals surface area contributed by atoms with Crippen LogP contribution < -0.4 is 10.7 Å². The topological polar surface area (TPSA) is 155 Å². The average molecular weight is 902 g/mol. The second kappa shape index (κ2) is 20.3. The minimum atomic E-state index is -1.03. The van der Waals surface area contributed by atoms with Crippen molar-refractivity contribution in [3.63, 3.8) is 0 Å². The lowest BCUT2D eigenvalue weighted by Gasteiger charge is -2.36. The van der Waals surface area contributed by atoms with Crippen molar-refractivity contribution in [3.05, 3.63) is 90.3 Å². The van der Waals surface area contributed by atoms with Gasteiger partial charge in [-0.3, -0.25) is 34.0 Å². The van der Waals surface area contributed by atoms with Crippen molar-refractivity contribution in [2.45, 2.75) is 111 Å². The molecule has 5 atom stereocenters. The number of likely N-dealkylation sites (tertiary alicyclic amines) is 1. The Hall–Kier alpha value is -5.86. The van der Waals surface area contributed by atoms with Gasteiger partial charge >= 0.3 is 5.97 Å². The predicted molar refractivity (Wildman–Crippen MR) is 255 cm³/mol. The van der Waals surface area contributed by atoms with E-state index in [4.69, 9.17) is 14.5 Å². The van der Waals surface area contributed by atoms with Crippen molar-refractivity contribution < 1.29 is 33.4 Å². The van der Waals surface area contributed by atoms with E-state index in [9.17, 15) is 24.0 Å². The lowest BCUT2D eigenvalue weighted by molar-refractivity contribution is -0.155. The molecule has 2 aromatic heterocycles. The molecular formula is C52H67N7O7. The molecule has 7 rings (SSSR count). The Balaban J connectivity index is 1.27. The first-order valence-corrected chi connectivity index (χ1v) is 23.5. The van der Waals surface area contributed by atoms with Crippen molar-refractivity contribution in [1.29, 1.82) is 0 Å². The summed E-state index contributed by atoms with van der Waals surface area (Å²) in [6, 6.07) is 16.0. The van der Waals surface area contributed by atoms with Gasteiger partial charge in [-0.05, 0) is 104 Å². The van der Waals surface area contributed by atoms with Crippen LogP contribution in [-0.2, 0) is 52.8 Å². The van der Waals surface area contributed by atoms with Crippen LogP contribution in [0.3, 0.4) is 0 Å². The quantitative estimate of drug-likeness (QED) is 0.117. The fraction of sp³-hybridized carbons (Fsp3) is 0.500. The minimum Gasteiger partial charge on any atom is -0.464 e. The van der Waals surface area contributed by atoms with Crippen LogP contribution in [0.5, 0.6) is 0 Å². The Morgan fingerprint density at radius 1 is 1.05 bits per heavy atom. The highest BCUT2D eigenvalue weighted by molar-refractivity contribution is 5.96. The van der Waals surface area contributed by atoms with Gasteiger partial charge in [-0.15, -0.1) is 0 Å². The number of rotatable bonds is 12. The molecule has 4 unspecified atom stereocenters. The van der Waals surface area contributed by atoms with Crippen LogP contribution in [0.2, 0.25) is 0 Å². The lowest BCUT2D eigenvalue weighted by atomic mass is 9.84. The third kappa shape index (κ3) is 10.1. The van der Waals surface area contributed by atoms with E-state index in [0.717, 1.165) is 50.1 Å². The molecule has 5 heterocycles. The summed E-state index contributed by atoms with van der Waals surface area (Å²) >= 11 is 0. The number of hydrogen-bond donors (Lipinski definition) is 2. The summed E-state index contributed by atoms with van der Waals surface area (Å²) in [5, 5.41) is 5.63. The number of ether oxygens (including phenoxy) is 2. The zero-order valence-corrected chi connectivity index (χ0v) is 39.9. The fourth-order valence-corrected chi connectivity index (χ4v) is 9.97. The number of aryl methyl sites for hydroxylation is 1. The van der Waals surface area contributed by atoms with Crippen LogP contribution in [0.1, 0.15) is 90.2 Å². The van der Waals surface area contributed by atoms with Gasteiger partial charge < -0.3 is 29.2 Å². The third-order valence-corrected chi connectivity index (χ3v) is 13.6. The van der Waals surface area contributed by atoms with E-state index in [1.54, 1.807) is 25.3 Å². The molecule has 0 saturated carbocycles. The molecule has 3 aliphatic heterocycles. The van der Waals surface area contributed by atoms with E-state index >= 15 is 0 Å². The van der Waals surface area contributed by atoms with E-state index in [1.807, 2.05) is 39.0 Å². The standard InChI is InChI=1S/C52H67N7O7/c1-10-44(60)56(8)25-21-35-22-26-58(49(35)62)46(32(3)4)48(61)54-42-28-34-15-12-16-36(27-34)37-19-20-43-39(29-37)40(47(57(43)11-2)38-17-13-23-53-45(38)33(5)65-9)30-52(6,7)31-66-51(64)41-18-14-24-59(55-41)50(42)63/h10,12-13,15-17,19-20,23,27,29,32-33,35,41-42,46,55H,1,11,14,18,21-22,24-26,28,30-31H2,2-9H3,(H,54,61)/t33?,35?,41-,42?,46?/m0/s1. The van der Waals surface area contributed by atoms with Gasteiger partial charge in [0.2, 0.25) is 17.7 Å². The van der Waals surface area contributed by atoms with Gasteiger partial charge in [0.25, 0.3) is 5.91 Å². The highest BCUT2D eigenvalue weighted by Crippen LogP contribution is 2.42. The van der Waals surface area contributed by atoms with E-state index in [1.165, 1.54) is 16.0 Å². The number of esters is 1. The first kappa shape index (κ1) is 48.1. The largest absolute Gasteiger partial charge is 0.464 e. The number of benzene rings is 2. The van der Waals surface area contributed by atoms with E-state index in [-0.39, 0.29) is 48.7 Å². The van der Waals surface area contributed by atoms with Crippen LogP contribution in [-0.4, -0.2) is 112 Å². The van der Waals surface area contributed by atoms with Gasteiger partial charge in [0.15, 0.2) is 0 Å². The Morgan fingerprint density at radius 3 is 2.55 bits per heavy atom.